The Morgan fingerprint density at radius 1 is 1.26 bits per heavy atom. The summed E-state index contributed by atoms with van der Waals surface area (Å²) in [5, 5.41) is 4.72. The van der Waals surface area contributed by atoms with Crippen LogP contribution in [0.25, 0.3) is 0 Å². The first-order valence-corrected chi connectivity index (χ1v) is 8.95. The average Bonchev–Trinajstić information content (AvgIpc) is 2.86. The average molecular weight is 352 g/mol. The van der Waals surface area contributed by atoms with Gasteiger partial charge in [0.15, 0.2) is 0 Å². The number of nitrogens with zero attached hydrogens (tertiary/aromatic N) is 2. The summed E-state index contributed by atoms with van der Waals surface area (Å²) in [6.45, 7) is 10.6. The second kappa shape index (κ2) is 8.25. The van der Waals surface area contributed by atoms with Gasteiger partial charge in [-0.3, -0.25) is 4.90 Å². The van der Waals surface area contributed by atoms with E-state index in [1.165, 1.54) is 26.7 Å². The number of rotatable bonds is 4. The second-order valence-corrected chi connectivity index (χ2v) is 7.31. The van der Waals surface area contributed by atoms with Gasteiger partial charge in [-0.2, -0.15) is 0 Å². The van der Waals surface area contributed by atoms with Crippen molar-refractivity contribution in [3.05, 3.63) is 51.0 Å². The smallest absolute Gasteiger partial charge is 0.0900 e. The van der Waals surface area contributed by atoms with E-state index in [9.17, 15) is 0 Å². The molecule has 1 saturated heterocycles. The second-order valence-electron chi connectivity index (χ2n) is 6.03. The van der Waals surface area contributed by atoms with Gasteiger partial charge in [-0.15, -0.1) is 23.7 Å². The number of hydrogen-bond donors (Lipinski definition) is 1. The molecule has 2 heterocycles. The van der Waals surface area contributed by atoms with Crippen molar-refractivity contribution in [1.29, 1.82) is 0 Å². The van der Waals surface area contributed by atoms with E-state index in [1.807, 2.05) is 11.3 Å². The van der Waals surface area contributed by atoms with Crippen LogP contribution in [0.1, 0.15) is 39.7 Å². The standard InChI is InChI=1S/C18H25N3S.ClH/c1-4-15-5-7-16(8-6-15)17-11-19-9-10-21(17)12-18-13(2)20-14(3)22-18;/h5-8,17,19H,4,9-12H2,1-3H3;1H. The lowest BCUT2D eigenvalue weighted by Gasteiger charge is -2.36. The fourth-order valence-corrected chi connectivity index (χ4v) is 4.11. The van der Waals surface area contributed by atoms with Crippen LogP contribution in [0.2, 0.25) is 0 Å². The first kappa shape index (κ1) is 18.4. The van der Waals surface area contributed by atoms with Crippen LogP contribution in [0.5, 0.6) is 0 Å². The summed E-state index contributed by atoms with van der Waals surface area (Å²) in [6.07, 6.45) is 1.10. The molecule has 0 aliphatic carbocycles. The molecule has 1 aromatic heterocycles. The van der Waals surface area contributed by atoms with Gasteiger partial charge in [-0.1, -0.05) is 31.2 Å². The Morgan fingerprint density at radius 3 is 2.61 bits per heavy atom. The van der Waals surface area contributed by atoms with Gasteiger partial charge < -0.3 is 5.32 Å². The maximum atomic E-state index is 4.57. The molecule has 0 spiro atoms. The van der Waals surface area contributed by atoms with Crippen LogP contribution < -0.4 is 5.32 Å². The van der Waals surface area contributed by atoms with Crippen LogP contribution in [0.15, 0.2) is 24.3 Å². The minimum absolute atomic E-state index is 0. The number of nitrogens with one attached hydrogen (secondary N) is 1. The van der Waals surface area contributed by atoms with Crippen molar-refractivity contribution >= 4 is 23.7 Å². The Labute approximate surface area is 149 Å². The van der Waals surface area contributed by atoms with Crippen molar-refractivity contribution in [1.82, 2.24) is 15.2 Å². The molecule has 0 amide bonds. The van der Waals surface area contributed by atoms with Crippen molar-refractivity contribution in [2.75, 3.05) is 19.6 Å². The lowest BCUT2D eigenvalue weighted by Crippen LogP contribution is -2.45. The van der Waals surface area contributed by atoms with Crippen LogP contribution >= 0.6 is 23.7 Å². The molecule has 126 valence electrons. The summed E-state index contributed by atoms with van der Waals surface area (Å²) < 4.78 is 0. The maximum absolute atomic E-state index is 4.57. The Bertz CT molecular complexity index is 624. The molecule has 1 atom stereocenters. The van der Waals surface area contributed by atoms with E-state index < -0.39 is 0 Å². The molecule has 3 rings (SSSR count). The van der Waals surface area contributed by atoms with Gasteiger partial charge in [0.1, 0.15) is 0 Å². The van der Waals surface area contributed by atoms with Crippen molar-refractivity contribution in [2.24, 2.45) is 0 Å². The molecule has 2 aromatic rings. The van der Waals surface area contributed by atoms with E-state index in [2.05, 4.69) is 60.2 Å². The van der Waals surface area contributed by atoms with Gasteiger partial charge in [0.05, 0.1) is 10.7 Å². The Kier molecular flexibility index (Phi) is 6.60. The Morgan fingerprint density at radius 2 is 2.00 bits per heavy atom. The monoisotopic (exact) mass is 351 g/mol. The summed E-state index contributed by atoms with van der Waals surface area (Å²) in [7, 11) is 0. The molecule has 1 unspecified atom stereocenters. The molecule has 0 saturated carbocycles. The number of hydrogen-bond acceptors (Lipinski definition) is 4. The van der Waals surface area contributed by atoms with Gasteiger partial charge >= 0.3 is 0 Å². The van der Waals surface area contributed by atoms with E-state index in [0.29, 0.717) is 6.04 Å². The summed E-state index contributed by atoms with van der Waals surface area (Å²) in [6, 6.07) is 9.60. The van der Waals surface area contributed by atoms with Crippen molar-refractivity contribution in [2.45, 2.75) is 39.8 Å². The van der Waals surface area contributed by atoms with E-state index in [1.54, 1.807) is 0 Å². The molecule has 3 nitrogen and oxygen atoms in total. The molecule has 5 heteroatoms. The molecule has 0 radical (unpaired) electrons. The summed E-state index contributed by atoms with van der Waals surface area (Å²) >= 11 is 1.84. The van der Waals surface area contributed by atoms with Crippen LogP contribution in [0, 0.1) is 13.8 Å². The molecule has 1 aliphatic rings. The highest BCUT2D eigenvalue weighted by atomic mass is 35.5. The molecule has 1 aliphatic heterocycles. The third-order valence-corrected chi connectivity index (χ3v) is 5.53. The number of benzene rings is 1. The third kappa shape index (κ3) is 4.32. The number of halogens is 1. The maximum Gasteiger partial charge on any atom is 0.0900 e. The normalized spacial score (nSPS) is 18.7. The van der Waals surface area contributed by atoms with Crippen molar-refractivity contribution in [3.8, 4) is 0 Å². The minimum atomic E-state index is 0. The number of piperazine rings is 1. The highest BCUT2D eigenvalue weighted by Crippen LogP contribution is 2.27. The van der Waals surface area contributed by atoms with Gasteiger partial charge in [0.2, 0.25) is 0 Å². The molecule has 0 bridgehead atoms. The van der Waals surface area contributed by atoms with Crippen LogP contribution in [-0.4, -0.2) is 29.5 Å². The molecular formula is C18H26ClN3S. The quantitative estimate of drug-likeness (QED) is 0.905. The van der Waals surface area contributed by atoms with Crippen LogP contribution in [-0.2, 0) is 13.0 Å². The highest BCUT2D eigenvalue weighted by molar-refractivity contribution is 7.11. The molecule has 1 N–H and O–H groups in total. The first-order valence-electron chi connectivity index (χ1n) is 8.14. The fraction of sp³-hybridized carbons (Fsp3) is 0.500. The van der Waals surface area contributed by atoms with Gasteiger partial charge in [0, 0.05) is 37.1 Å². The number of aromatic nitrogens is 1. The van der Waals surface area contributed by atoms with Crippen LogP contribution in [0.3, 0.4) is 0 Å². The van der Waals surface area contributed by atoms with Crippen LogP contribution in [0.4, 0.5) is 0 Å². The number of aryl methyl sites for hydroxylation is 3. The number of thiazole rings is 1. The third-order valence-electron chi connectivity index (χ3n) is 4.47. The summed E-state index contributed by atoms with van der Waals surface area (Å²) in [4.78, 5) is 8.58. The largest absolute Gasteiger partial charge is 0.314 e. The van der Waals surface area contributed by atoms with E-state index >= 15 is 0 Å². The minimum Gasteiger partial charge on any atom is -0.314 e. The zero-order valence-electron chi connectivity index (χ0n) is 14.1. The highest BCUT2D eigenvalue weighted by Gasteiger charge is 2.24. The zero-order chi connectivity index (χ0) is 15.5. The predicted molar refractivity (Wildman–Crippen MR) is 101 cm³/mol. The molecule has 1 aromatic carbocycles. The van der Waals surface area contributed by atoms with Crippen molar-refractivity contribution in [3.63, 3.8) is 0 Å². The zero-order valence-corrected chi connectivity index (χ0v) is 15.8. The first-order chi connectivity index (χ1) is 10.7. The van der Waals surface area contributed by atoms with E-state index in [-0.39, 0.29) is 12.4 Å². The van der Waals surface area contributed by atoms with Gasteiger partial charge in [0.25, 0.3) is 0 Å². The van der Waals surface area contributed by atoms with Gasteiger partial charge in [-0.05, 0) is 31.4 Å². The molecular weight excluding hydrogens is 326 g/mol. The molecule has 1 fully saturated rings. The van der Waals surface area contributed by atoms with Gasteiger partial charge in [-0.25, -0.2) is 4.98 Å². The van der Waals surface area contributed by atoms with E-state index in [4.69, 9.17) is 0 Å². The fourth-order valence-electron chi connectivity index (χ4n) is 3.14. The SMILES string of the molecule is CCc1ccc(C2CNCCN2Cc2sc(C)nc2C)cc1.Cl. The molecule has 23 heavy (non-hydrogen) atoms. The lowest BCUT2D eigenvalue weighted by molar-refractivity contribution is 0.155. The summed E-state index contributed by atoms with van der Waals surface area (Å²) in [5.74, 6) is 0. The Hall–Kier alpha value is -0.940. The predicted octanol–water partition coefficient (Wildman–Crippen LogP) is 3.89. The lowest BCUT2D eigenvalue weighted by atomic mass is 10.0. The van der Waals surface area contributed by atoms with E-state index in [0.717, 1.165) is 32.6 Å². The summed E-state index contributed by atoms with van der Waals surface area (Å²) in [5.41, 5.74) is 4.03. The Balaban J connectivity index is 0.00000192. The van der Waals surface area contributed by atoms with Crippen molar-refractivity contribution < 1.29 is 0 Å². The topological polar surface area (TPSA) is 28.2 Å².